The van der Waals surface area contributed by atoms with Gasteiger partial charge in [-0.1, -0.05) is 29.8 Å². The van der Waals surface area contributed by atoms with Crippen LogP contribution in [0.1, 0.15) is 28.5 Å². The van der Waals surface area contributed by atoms with Gasteiger partial charge in [0.15, 0.2) is 0 Å². The van der Waals surface area contributed by atoms with Gasteiger partial charge in [-0.2, -0.15) is 0 Å². The summed E-state index contributed by atoms with van der Waals surface area (Å²) in [5.41, 5.74) is 3.95. The number of nitrogens with zero attached hydrogens (tertiary/aromatic N) is 2. The molecule has 0 unspecified atom stereocenters. The largest absolute Gasteiger partial charge is 0.492 e. The molecule has 1 aromatic heterocycles. The molecule has 0 aliphatic rings. The minimum absolute atomic E-state index is 0.249. The summed E-state index contributed by atoms with van der Waals surface area (Å²) in [6, 6.07) is 13.4. The number of anilines is 3. The van der Waals surface area contributed by atoms with Gasteiger partial charge in [-0.25, -0.2) is 9.97 Å². The van der Waals surface area contributed by atoms with Crippen molar-refractivity contribution < 1.29 is 9.53 Å². The maximum atomic E-state index is 12.4. The molecule has 2 N–H and O–H groups in total. The van der Waals surface area contributed by atoms with Crippen molar-refractivity contribution in [2.75, 3.05) is 17.2 Å². The van der Waals surface area contributed by atoms with Crippen molar-refractivity contribution in [2.45, 2.75) is 20.8 Å². The molecule has 3 rings (SSSR count). The average Bonchev–Trinajstić information content (AvgIpc) is 2.66. The molecule has 2 aromatic carbocycles. The Balaban J connectivity index is 1.71. The summed E-state index contributed by atoms with van der Waals surface area (Å²) in [6.07, 6.45) is 2.98. The van der Waals surface area contributed by atoms with Gasteiger partial charge in [0.25, 0.3) is 5.91 Å². The normalized spacial score (nSPS) is 10.3. The Morgan fingerprint density at radius 2 is 1.85 bits per heavy atom. The first kappa shape index (κ1) is 18.4. The lowest BCUT2D eigenvalue weighted by molar-refractivity contribution is 0.102. The molecule has 0 saturated carbocycles. The zero-order valence-electron chi connectivity index (χ0n) is 15.6. The van der Waals surface area contributed by atoms with Crippen LogP contribution in [0.25, 0.3) is 0 Å². The van der Waals surface area contributed by atoms with Gasteiger partial charge in [-0.3, -0.25) is 4.79 Å². The van der Waals surface area contributed by atoms with Crippen molar-refractivity contribution >= 4 is 23.1 Å². The molecule has 3 aromatic rings. The van der Waals surface area contributed by atoms with Crippen LogP contribution < -0.4 is 15.4 Å². The lowest BCUT2D eigenvalue weighted by atomic mass is 10.1. The zero-order chi connectivity index (χ0) is 19.2. The number of amides is 1. The van der Waals surface area contributed by atoms with Gasteiger partial charge < -0.3 is 15.4 Å². The highest BCUT2D eigenvalue weighted by molar-refractivity contribution is 6.03. The molecule has 0 atom stereocenters. The summed E-state index contributed by atoms with van der Waals surface area (Å²) in [7, 11) is 0. The van der Waals surface area contributed by atoms with Gasteiger partial charge in [0.05, 0.1) is 24.7 Å². The predicted molar refractivity (Wildman–Crippen MR) is 107 cm³/mol. The number of aryl methyl sites for hydroxylation is 2. The highest BCUT2D eigenvalue weighted by Crippen LogP contribution is 2.26. The Morgan fingerprint density at radius 1 is 1.04 bits per heavy atom. The van der Waals surface area contributed by atoms with Crippen LogP contribution in [0.15, 0.2) is 54.9 Å². The van der Waals surface area contributed by atoms with E-state index in [-0.39, 0.29) is 11.6 Å². The number of carbonyl (C=O) groups is 1. The van der Waals surface area contributed by atoms with E-state index in [1.54, 1.807) is 0 Å². The van der Waals surface area contributed by atoms with Gasteiger partial charge in [0.2, 0.25) is 0 Å². The summed E-state index contributed by atoms with van der Waals surface area (Å²) < 4.78 is 5.58. The number of benzene rings is 2. The molecule has 6 nitrogen and oxygen atoms in total. The quantitative estimate of drug-likeness (QED) is 0.676. The molecule has 0 aliphatic heterocycles. The highest BCUT2D eigenvalue weighted by atomic mass is 16.5. The van der Waals surface area contributed by atoms with Crippen molar-refractivity contribution in [2.24, 2.45) is 0 Å². The Kier molecular flexibility index (Phi) is 5.66. The number of hydrogen-bond donors (Lipinski definition) is 2. The third kappa shape index (κ3) is 4.61. The number of rotatable bonds is 6. The lowest BCUT2D eigenvalue weighted by Crippen LogP contribution is -2.15. The van der Waals surface area contributed by atoms with E-state index >= 15 is 0 Å². The number of hydrogen-bond acceptors (Lipinski definition) is 5. The molecule has 0 aliphatic carbocycles. The zero-order valence-corrected chi connectivity index (χ0v) is 15.6. The summed E-state index contributed by atoms with van der Waals surface area (Å²) in [4.78, 5) is 20.9. The fourth-order valence-corrected chi connectivity index (χ4v) is 2.64. The molecule has 6 heteroatoms. The Labute approximate surface area is 158 Å². The van der Waals surface area contributed by atoms with E-state index in [1.165, 1.54) is 12.4 Å². The van der Waals surface area contributed by atoms with Crippen LogP contribution in [0.4, 0.5) is 17.2 Å². The van der Waals surface area contributed by atoms with Crippen molar-refractivity contribution in [1.82, 2.24) is 9.97 Å². The van der Waals surface area contributed by atoms with Crippen molar-refractivity contribution in [3.05, 3.63) is 71.7 Å². The second kappa shape index (κ2) is 8.31. The van der Waals surface area contributed by atoms with E-state index < -0.39 is 0 Å². The first-order valence-corrected chi connectivity index (χ1v) is 8.76. The maximum absolute atomic E-state index is 12.4. The van der Waals surface area contributed by atoms with Crippen LogP contribution in [0.3, 0.4) is 0 Å². The van der Waals surface area contributed by atoms with Gasteiger partial charge >= 0.3 is 0 Å². The molecule has 0 fully saturated rings. The number of ether oxygens (including phenoxy) is 1. The van der Waals surface area contributed by atoms with Gasteiger partial charge in [-0.15, -0.1) is 0 Å². The average molecular weight is 362 g/mol. The highest BCUT2D eigenvalue weighted by Gasteiger charge is 2.11. The molecular formula is C21H22N4O2. The monoisotopic (exact) mass is 362 g/mol. The van der Waals surface area contributed by atoms with E-state index in [4.69, 9.17) is 4.74 Å². The van der Waals surface area contributed by atoms with E-state index in [0.29, 0.717) is 12.4 Å². The smallest absolute Gasteiger partial charge is 0.275 e. The predicted octanol–water partition coefficient (Wildman–Crippen LogP) is 4.49. The van der Waals surface area contributed by atoms with Gasteiger partial charge in [-0.05, 0) is 44.5 Å². The van der Waals surface area contributed by atoms with Crippen LogP contribution in [-0.4, -0.2) is 22.5 Å². The summed E-state index contributed by atoms with van der Waals surface area (Å²) in [5, 5.41) is 6.03. The number of carbonyl (C=O) groups excluding carboxylic acids is 1. The molecule has 0 saturated heterocycles. The molecular weight excluding hydrogens is 340 g/mol. The fourth-order valence-electron chi connectivity index (χ4n) is 2.64. The SMILES string of the molecule is CCOc1ccccc1Nc1cnc(C(=O)Nc2ccc(C)cc2C)cn1. The third-order valence-electron chi connectivity index (χ3n) is 3.96. The summed E-state index contributed by atoms with van der Waals surface area (Å²) in [5.74, 6) is 0.972. The van der Waals surface area contributed by atoms with Crippen LogP contribution in [-0.2, 0) is 0 Å². The minimum atomic E-state index is -0.296. The van der Waals surface area contributed by atoms with E-state index in [2.05, 4.69) is 20.6 Å². The first-order valence-electron chi connectivity index (χ1n) is 8.76. The topological polar surface area (TPSA) is 76.1 Å². The molecule has 1 amide bonds. The van der Waals surface area contributed by atoms with Crippen LogP contribution in [0, 0.1) is 13.8 Å². The number of nitrogens with one attached hydrogen (secondary N) is 2. The molecule has 0 radical (unpaired) electrons. The van der Waals surface area contributed by atoms with Crippen molar-refractivity contribution in [3.8, 4) is 5.75 Å². The first-order chi connectivity index (χ1) is 13.1. The van der Waals surface area contributed by atoms with Crippen molar-refractivity contribution in [3.63, 3.8) is 0 Å². The van der Waals surface area contributed by atoms with E-state index in [0.717, 1.165) is 28.3 Å². The standard InChI is InChI=1S/C21H22N4O2/c1-4-27-19-8-6-5-7-17(19)24-20-13-22-18(12-23-20)21(26)25-16-10-9-14(2)11-15(16)3/h5-13H,4H2,1-3H3,(H,23,24)(H,25,26). The number of aromatic nitrogens is 2. The van der Waals surface area contributed by atoms with Crippen LogP contribution in [0.2, 0.25) is 0 Å². The second-order valence-electron chi connectivity index (χ2n) is 6.11. The molecule has 0 bridgehead atoms. The summed E-state index contributed by atoms with van der Waals surface area (Å²) >= 11 is 0. The molecule has 0 spiro atoms. The van der Waals surface area contributed by atoms with E-state index in [1.807, 2.05) is 63.2 Å². The Morgan fingerprint density at radius 3 is 2.56 bits per heavy atom. The third-order valence-corrected chi connectivity index (χ3v) is 3.96. The van der Waals surface area contributed by atoms with Gasteiger partial charge in [0.1, 0.15) is 17.3 Å². The van der Waals surface area contributed by atoms with Crippen molar-refractivity contribution in [1.29, 1.82) is 0 Å². The molecule has 27 heavy (non-hydrogen) atoms. The van der Waals surface area contributed by atoms with Crippen LogP contribution >= 0.6 is 0 Å². The molecule has 138 valence electrons. The fraction of sp³-hybridized carbons (Fsp3) is 0.190. The Hall–Kier alpha value is -3.41. The Bertz CT molecular complexity index is 939. The van der Waals surface area contributed by atoms with Crippen LogP contribution in [0.5, 0.6) is 5.75 Å². The van der Waals surface area contributed by atoms with Gasteiger partial charge in [0, 0.05) is 5.69 Å². The lowest BCUT2D eigenvalue weighted by Gasteiger charge is -2.12. The molecule has 1 heterocycles. The maximum Gasteiger partial charge on any atom is 0.275 e. The van der Waals surface area contributed by atoms with E-state index in [9.17, 15) is 4.79 Å². The summed E-state index contributed by atoms with van der Waals surface area (Å²) in [6.45, 7) is 6.47. The second-order valence-corrected chi connectivity index (χ2v) is 6.11. The number of para-hydroxylation sites is 2. The minimum Gasteiger partial charge on any atom is -0.492 e.